The molecule has 2 saturated heterocycles. The highest BCUT2D eigenvalue weighted by Gasteiger charge is 2.35. The molecular weight excluding hydrogens is 220 g/mol. The van der Waals surface area contributed by atoms with Gasteiger partial charge in [0.1, 0.15) is 6.04 Å². The van der Waals surface area contributed by atoms with E-state index >= 15 is 0 Å². The van der Waals surface area contributed by atoms with Crippen LogP contribution in [0.25, 0.3) is 0 Å². The molecule has 0 spiro atoms. The molecule has 96 valence electrons. The lowest BCUT2D eigenvalue weighted by molar-refractivity contribution is -0.147. The Morgan fingerprint density at radius 2 is 2.00 bits per heavy atom. The number of piperazine rings is 1. The number of nitrogens with zero attached hydrogens (tertiary/aromatic N) is 1. The summed E-state index contributed by atoms with van der Waals surface area (Å²) in [6.07, 6.45) is 1.95. The van der Waals surface area contributed by atoms with Crippen molar-refractivity contribution in [3.05, 3.63) is 0 Å². The average Bonchev–Trinajstić information content (AvgIpc) is 2.34. The highest BCUT2D eigenvalue weighted by Crippen LogP contribution is 2.23. The highest BCUT2D eigenvalue weighted by molar-refractivity contribution is 5.94. The first-order chi connectivity index (χ1) is 8.09. The Balaban J connectivity index is 2.03. The molecule has 0 aromatic carbocycles. The Labute approximate surface area is 101 Å². The van der Waals surface area contributed by atoms with E-state index in [2.05, 4.69) is 5.32 Å². The molecule has 2 amide bonds. The number of rotatable bonds is 2. The van der Waals surface area contributed by atoms with Crippen LogP contribution >= 0.6 is 0 Å². The summed E-state index contributed by atoms with van der Waals surface area (Å²) in [6.45, 7) is 5.50. The van der Waals surface area contributed by atoms with Gasteiger partial charge in [0.25, 0.3) is 0 Å². The van der Waals surface area contributed by atoms with E-state index in [-0.39, 0.29) is 24.4 Å². The van der Waals surface area contributed by atoms with Gasteiger partial charge in [-0.05, 0) is 32.6 Å². The van der Waals surface area contributed by atoms with Crippen LogP contribution in [-0.4, -0.2) is 48.6 Å². The molecular formula is C12H20N2O3. The lowest BCUT2D eigenvalue weighted by Crippen LogP contribution is -2.60. The molecule has 0 saturated carbocycles. The molecule has 1 N–H and O–H groups in total. The van der Waals surface area contributed by atoms with Gasteiger partial charge in [-0.1, -0.05) is 0 Å². The summed E-state index contributed by atoms with van der Waals surface area (Å²) in [5.41, 5.74) is 0. The zero-order chi connectivity index (χ0) is 12.4. The van der Waals surface area contributed by atoms with Crippen LogP contribution in [0.5, 0.6) is 0 Å². The predicted octanol–water partition coefficient (Wildman–Crippen LogP) is 0.148. The standard InChI is InChI=1S/C12H20N2O3/c1-8-12(16)14(7-11(15)13-8)9(2)10-3-5-17-6-4-10/h8-10H,3-7H2,1-2H3,(H,13,15). The number of amides is 2. The number of carbonyl (C=O) groups is 2. The smallest absolute Gasteiger partial charge is 0.245 e. The van der Waals surface area contributed by atoms with E-state index in [1.165, 1.54) is 0 Å². The van der Waals surface area contributed by atoms with E-state index in [0.717, 1.165) is 26.1 Å². The second-order valence-electron chi connectivity index (χ2n) is 4.95. The fourth-order valence-electron chi connectivity index (χ4n) is 2.63. The van der Waals surface area contributed by atoms with Crippen molar-refractivity contribution in [2.45, 2.75) is 38.8 Å². The maximum atomic E-state index is 12.0. The van der Waals surface area contributed by atoms with Gasteiger partial charge in [-0.25, -0.2) is 0 Å². The van der Waals surface area contributed by atoms with E-state index in [1.807, 2.05) is 6.92 Å². The minimum atomic E-state index is -0.390. The fourth-order valence-corrected chi connectivity index (χ4v) is 2.63. The molecule has 5 nitrogen and oxygen atoms in total. The number of hydrogen-bond donors (Lipinski definition) is 1. The third kappa shape index (κ3) is 2.60. The van der Waals surface area contributed by atoms with Crippen LogP contribution in [0.1, 0.15) is 26.7 Å². The Kier molecular flexibility index (Phi) is 3.66. The maximum absolute atomic E-state index is 12.0. The van der Waals surface area contributed by atoms with Crippen molar-refractivity contribution in [1.82, 2.24) is 10.2 Å². The second-order valence-corrected chi connectivity index (χ2v) is 4.95. The van der Waals surface area contributed by atoms with Gasteiger partial charge in [-0.2, -0.15) is 0 Å². The Morgan fingerprint density at radius 3 is 2.65 bits per heavy atom. The molecule has 2 unspecified atom stereocenters. The molecule has 2 fully saturated rings. The number of carbonyl (C=O) groups excluding carboxylic acids is 2. The molecule has 0 bridgehead atoms. The summed E-state index contributed by atoms with van der Waals surface area (Å²) in [7, 11) is 0. The van der Waals surface area contributed by atoms with E-state index in [4.69, 9.17) is 4.74 Å². The largest absolute Gasteiger partial charge is 0.381 e. The predicted molar refractivity (Wildman–Crippen MR) is 62.3 cm³/mol. The summed E-state index contributed by atoms with van der Waals surface area (Å²) in [5, 5.41) is 2.66. The summed E-state index contributed by atoms with van der Waals surface area (Å²) >= 11 is 0. The van der Waals surface area contributed by atoms with Crippen molar-refractivity contribution in [2.75, 3.05) is 19.8 Å². The first-order valence-corrected chi connectivity index (χ1v) is 6.27. The minimum absolute atomic E-state index is 0.0311. The molecule has 2 atom stereocenters. The third-order valence-electron chi connectivity index (χ3n) is 3.78. The Morgan fingerprint density at radius 1 is 1.35 bits per heavy atom. The Hall–Kier alpha value is -1.10. The van der Waals surface area contributed by atoms with E-state index in [0.29, 0.717) is 5.92 Å². The summed E-state index contributed by atoms with van der Waals surface area (Å²) in [5.74, 6) is 0.422. The zero-order valence-corrected chi connectivity index (χ0v) is 10.4. The topological polar surface area (TPSA) is 58.6 Å². The highest BCUT2D eigenvalue weighted by atomic mass is 16.5. The van der Waals surface area contributed by atoms with Crippen LogP contribution in [-0.2, 0) is 14.3 Å². The first kappa shape index (κ1) is 12.4. The van der Waals surface area contributed by atoms with Gasteiger partial charge < -0.3 is 15.0 Å². The van der Waals surface area contributed by atoms with Crippen molar-refractivity contribution >= 4 is 11.8 Å². The summed E-state index contributed by atoms with van der Waals surface area (Å²) in [6, 6.07) is -0.265. The molecule has 0 aromatic rings. The van der Waals surface area contributed by atoms with Gasteiger partial charge >= 0.3 is 0 Å². The molecule has 17 heavy (non-hydrogen) atoms. The average molecular weight is 240 g/mol. The van der Waals surface area contributed by atoms with Crippen molar-refractivity contribution in [3.63, 3.8) is 0 Å². The maximum Gasteiger partial charge on any atom is 0.245 e. The second kappa shape index (κ2) is 5.04. The van der Waals surface area contributed by atoms with Crippen LogP contribution in [0.15, 0.2) is 0 Å². The van der Waals surface area contributed by atoms with Gasteiger partial charge in [0, 0.05) is 19.3 Å². The van der Waals surface area contributed by atoms with Crippen LogP contribution in [0.2, 0.25) is 0 Å². The molecule has 0 aromatic heterocycles. The van der Waals surface area contributed by atoms with Gasteiger partial charge in [0.15, 0.2) is 0 Å². The molecule has 0 aliphatic carbocycles. The van der Waals surface area contributed by atoms with Crippen LogP contribution in [0, 0.1) is 5.92 Å². The third-order valence-corrected chi connectivity index (χ3v) is 3.78. The van der Waals surface area contributed by atoms with Crippen molar-refractivity contribution in [1.29, 1.82) is 0 Å². The summed E-state index contributed by atoms with van der Waals surface area (Å²) < 4.78 is 5.32. The molecule has 2 heterocycles. The fraction of sp³-hybridized carbons (Fsp3) is 0.833. The number of ether oxygens (including phenoxy) is 1. The van der Waals surface area contributed by atoms with Gasteiger partial charge in [0.2, 0.25) is 11.8 Å². The molecule has 5 heteroatoms. The molecule has 2 aliphatic rings. The molecule has 2 rings (SSSR count). The SMILES string of the molecule is CC1NC(=O)CN(C(C)C2CCOCC2)C1=O. The normalized spacial score (nSPS) is 29.1. The van der Waals surface area contributed by atoms with E-state index in [9.17, 15) is 9.59 Å². The molecule has 0 radical (unpaired) electrons. The summed E-state index contributed by atoms with van der Waals surface area (Å²) in [4.78, 5) is 25.2. The monoisotopic (exact) mass is 240 g/mol. The first-order valence-electron chi connectivity index (χ1n) is 6.27. The van der Waals surface area contributed by atoms with Crippen LogP contribution in [0.3, 0.4) is 0 Å². The van der Waals surface area contributed by atoms with E-state index < -0.39 is 6.04 Å². The zero-order valence-electron chi connectivity index (χ0n) is 10.4. The van der Waals surface area contributed by atoms with E-state index in [1.54, 1.807) is 11.8 Å². The van der Waals surface area contributed by atoms with Crippen molar-refractivity contribution in [2.24, 2.45) is 5.92 Å². The van der Waals surface area contributed by atoms with Crippen LogP contribution in [0.4, 0.5) is 0 Å². The van der Waals surface area contributed by atoms with Crippen molar-refractivity contribution < 1.29 is 14.3 Å². The van der Waals surface area contributed by atoms with Crippen LogP contribution < -0.4 is 5.32 Å². The lowest BCUT2D eigenvalue weighted by Gasteiger charge is -2.40. The van der Waals surface area contributed by atoms with Gasteiger partial charge in [-0.15, -0.1) is 0 Å². The van der Waals surface area contributed by atoms with Crippen molar-refractivity contribution in [3.8, 4) is 0 Å². The quantitative estimate of drug-likeness (QED) is 0.747. The lowest BCUT2D eigenvalue weighted by atomic mass is 9.91. The Bertz CT molecular complexity index is 313. The number of nitrogens with one attached hydrogen (secondary N) is 1. The number of hydrogen-bond acceptors (Lipinski definition) is 3. The minimum Gasteiger partial charge on any atom is -0.381 e. The van der Waals surface area contributed by atoms with Gasteiger partial charge in [0.05, 0.1) is 6.54 Å². The molecule has 2 aliphatic heterocycles. The van der Waals surface area contributed by atoms with Gasteiger partial charge in [-0.3, -0.25) is 9.59 Å².